The molecule has 0 bridgehead atoms. The summed E-state index contributed by atoms with van der Waals surface area (Å²) in [5, 5.41) is 9.46. The zero-order valence-corrected chi connectivity index (χ0v) is 18.9. The standard InChI is InChI=1S/C22H22N4O5S/c1-23-22-26(24-10-15-19(29-3)8-14(28-2)9-20(15)30-4)17(12-32-22)13-5-6-18-16(7-13)25-21(27)11-31-18/h5-10,12H,11H2,1-4H3,(H,25,27). The van der Waals surface area contributed by atoms with E-state index in [-0.39, 0.29) is 12.5 Å². The maximum Gasteiger partial charge on any atom is 0.262 e. The molecule has 4 rings (SSSR count). The van der Waals surface area contributed by atoms with Gasteiger partial charge in [0.1, 0.15) is 23.0 Å². The van der Waals surface area contributed by atoms with E-state index in [0.717, 1.165) is 11.3 Å². The molecule has 2 aromatic carbocycles. The van der Waals surface area contributed by atoms with Crippen LogP contribution in [-0.2, 0) is 4.79 Å². The van der Waals surface area contributed by atoms with E-state index in [1.54, 1.807) is 51.4 Å². The summed E-state index contributed by atoms with van der Waals surface area (Å²) in [6.45, 7) is 0.0134. The van der Waals surface area contributed by atoms with E-state index >= 15 is 0 Å². The van der Waals surface area contributed by atoms with E-state index in [0.29, 0.717) is 39.1 Å². The maximum absolute atomic E-state index is 11.7. The number of carbonyl (C=O) groups is 1. The number of benzene rings is 2. The molecule has 1 amide bonds. The van der Waals surface area contributed by atoms with Crippen molar-refractivity contribution in [1.29, 1.82) is 0 Å². The number of hydrogen-bond donors (Lipinski definition) is 1. The number of thiazole rings is 1. The Morgan fingerprint density at radius 1 is 1.12 bits per heavy atom. The van der Waals surface area contributed by atoms with Crippen LogP contribution in [0.4, 0.5) is 5.69 Å². The van der Waals surface area contributed by atoms with Gasteiger partial charge in [-0.05, 0) is 18.2 Å². The van der Waals surface area contributed by atoms with E-state index in [1.165, 1.54) is 11.3 Å². The van der Waals surface area contributed by atoms with Crippen LogP contribution in [0.1, 0.15) is 5.56 Å². The molecule has 0 saturated heterocycles. The highest BCUT2D eigenvalue weighted by Crippen LogP contribution is 2.34. The highest BCUT2D eigenvalue weighted by molar-refractivity contribution is 7.07. The third kappa shape index (κ3) is 4.04. The first-order valence-corrected chi connectivity index (χ1v) is 10.5. The largest absolute Gasteiger partial charge is 0.496 e. The third-order valence-electron chi connectivity index (χ3n) is 4.84. The Kier molecular flexibility index (Phi) is 6.13. The summed E-state index contributed by atoms with van der Waals surface area (Å²) in [7, 11) is 6.43. The van der Waals surface area contributed by atoms with E-state index in [4.69, 9.17) is 18.9 Å². The Morgan fingerprint density at radius 3 is 2.53 bits per heavy atom. The monoisotopic (exact) mass is 454 g/mol. The van der Waals surface area contributed by atoms with Crippen LogP contribution in [0.3, 0.4) is 0 Å². The molecule has 0 unspecified atom stereocenters. The van der Waals surface area contributed by atoms with Crippen LogP contribution in [0, 0.1) is 0 Å². The molecule has 0 saturated carbocycles. The average molecular weight is 455 g/mol. The number of amides is 1. The van der Waals surface area contributed by atoms with Crippen molar-refractivity contribution in [3.05, 3.63) is 46.1 Å². The van der Waals surface area contributed by atoms with Gasteiger partial charge in [-0.3, -0.25) is 9.79 Å². The van der Waals surface area contributed by atoms with E-state index in [1.807, 2.05) is 23.6 Å². The Balaban J connectivity index is 1.79. The molecule has 9 nitrogen and oxygen atoms in total. The number of methoxy groups -OCH3 is 3. The van der Waals surface area contributed by atoms with Crippen molar-refractivity contribution in [1.82, 2.24) is 4.68 Å². The molecule has 0 aliphatic carbocycles. The molecule has 0 radical (unpaired) electrons. The van der Waals surface area contributed by atoms with Crippen molar-refractivity contribution in [2.75, 3.05) is 40.3 Å². The minimum absolute atomic E-state index is 0.0134. The van der Waals surface area contributed by atoms with Crippen molar-refractivity contribution < 1.29 is 23.7 Å². The van der Waals surface area contributed by atoms with Crippen molar-refractivity contribution in [2.45, 2.75) is 0 Å². The van der Waals surface area contributed by atoms with Crippen LogP contribution in [-0.4, -0.2) is 51.8 Å². The van der Waals surface area contributed by atoms with E-state index in [9.17, 15) is 4.79 Å². The fraction of sp³-hybridized carbons (Fsp3) is 0.227. The normalized spacial score (nSPS) is 13.5. The minimum Gasteiger partial charge on any atom is -0.496 e. The van der Waals surface area contributed by atoms with E-state index in [2.05, 4.69) is 15.4 Å². The topological polar surface area (TPSA) is 95.7 Å². The lowest BCUT2D eigenvalue weighted by atomic mass is 10.1. The number of nitrogens with zero attached hydrogens (tertiary/aromatic N) is 3. The van der Waals surface area contributed by atoms with Gasteiger partial charge in [0.15, 0.2) is 6.61 Å². The van der Waals surface area contributed by atoms with Gasteiger partial charge in [0.05, 0.1) is 44.5 Å². The van der Waals surface area contributed by atoms with Gasteiger partial charge in [-0.1, -0.05) is 0 Å². The van der Waals surface area contributed by atoms with Crippen LogP contribution in [0.25, 0.3) is 11.3 Å². The fourth-order valence-electron chi connectivity index (χ4n) is 3.28. The van der Waals surface area contributed by atoms with Gasteiger partial charge in [0.25, 0.3) is 5.91 Å². The van der Waals surface area contributed by atoms with Crippen LogP contribution >= 0.6 is 11.3 Å². The Morgan fingerprint density at radius 2 is 1.88 bits per heavy atom. The number of carbonyl (C=O) groups excluding carboxylic acids is 1. The summed E-state index contributed by atoms with van der Waals surface area (Å²) >= 11 is 1.45. The zero-order chi connectivity index (χ0) is 22.7. The van der Waals surface area contributed by atoms with Crippen LogP contribution in [0.5, 0.6) is 23.0 Å². The zero-order valence-electron chi connectivity index (χ0n) is 18.0. The van der Waals surface area contributed by atoms with Crippen LogP contribution in [0.2, 0.25) is 0 Å². The number of fused-ring (bicyclic) bond motifs is 1. The second-order valence-corrected chi connectivity index (χ2v) is 7.51. The van der Waals surface area contributed by atoms with Gasteiger partial charge < -0.3 is 24.3 Å². The molecular weight excluding hydrogens is 432 g/mol. The summed E-state index contributed by atoms with van der Waals surface area (Å²) in [4.78, 5) is 16.7. The lowest BCUT2D eigenvalue weighted by molar-refractivity contribution is -0.118. The van der Waals surface area contributed by atoms with Crippen molar-refractivity contribution in [2.24, 2.45) is 10.1 Å². The first-order chi connectivity index (χ1) is 15.6. The quantitative estimate of drug-likeness (QED) is 0.578. The first kappa shape index (κ1) is 21.4. The van der Waals surface area contributed by atoms with Crippen molar-refractivity contribution >= 4 is 29.1 Å². The SMILES string of the molecule is CN=c1scc(-c2ccc3c(c2)NC(=O)CO3)n1N=Cc1c(OC)cc(OC)cc1OC. The molecule has 0 fully saturated rings. The Hall–Kier alpha value is -3.79. The molecule has 10 heteroatoms. The summed E-state index contributed by atoms with van der Waals surface area (Å²) in [5.41, 5.74) is 2.94. The Bertz CT molecular complexity index is 1240. The highest BCUT2D eigenvalue weighted by atomic mass is 32.1. The molecule has 32 heavy (non-hydrogen) atoms. The number of anilines is 1. The molecule has 0 atom stereocenters. The number of hydrogen-bond acceptors (Lipinski definition) is 8. The Labute approximate surface area is 188 Å². The average Bonchev–Trinajstić information content (AvgIpc) is 3.24. The van der Waals surface area contributed by atoms with Crippen molar-refractivity contribution in [3.8, 4) is 34.3 Å². The molecule has 1 aliphatic heterocycles. The summed E-state index contributed by atoms with van der Waals surface area (Å²) in [6, 6.07) is 9.13. The molecule has 1 aromatic heterocycles. The van der Waals surface area contributed by atoms with Gasteiger partial charge in [0.2, 0.25) is 4.80 Å². The van der Waals surface area contributed by atoms with E-state index < -0.39 is 0 Å². The summed E-state index contributed by atoms with van der Waals surface area (Å²) in [6.07, 6.45) is 1.66. The molecule has 1 aliphatic rings. The first-order valence-electron chi connectivity index (χ1n) is 9.62. The second-order valence-electron chi connectivity index (χ2n) is 6.68. The predicted molar refractivity (Wildman–Crippen MR) is 122 cm³/mol. The van der Waals surface area contributed by atoms with Crippen molar-refractivity contribution in [3.63, 3.8) is 0 Å². The van der Waals surface area contributed by atoms with Gasteiger partial charge in [-0.2, -0.15) is 5.10 Å². The number of rotatable bonds is 6. The predicted octanol–water partition coefficient (Wildman–Crippen LogP) is 2.99. The molecule has 3 aromatic rings. The number of ether oxygens (including phenoxy) is 4. The lowest BCUT2D eigenvalue weighted by Gasteiger charge is -2.18. The van der Waals surface area contributed by atoms with Gasteiger partial charge in [-0.15, -0.1) is 11.3 Å². The second kappa shape index (κ2) is 9.15. The van der Waals surface area contributed by atoms with Gasteiger partial charge in [0, 0.05) is 30.1 Å². The van der Waals surface area contributed by atoms with Gasteiger partial charge in [-0.25, -0.2) is 4.68 Å². The van der Waals surface area contributed by atoms with Gasteiger partial charge >= 0.3 is 0 Å². The summed E-state index contributed by atoms with van der Waals surface area (Å²) in [5.74, 6) is 2.18. The third-order valence-corrected chi connectivity index (χ3v) is 5.75. The molecule has 0 spiro atoms. The summed E-state index contributed by atoms with van der Waals surface area (Å²) < 4.78 is 23.5. The number of nitrogens with one attached hydrogen (secondary N) is 1. The smallest absolute Gasteiger partial charge is 0.262 e. The minimum atomic E-state index is -0.186. The maximum atomic E-state index is 11.7. The number of aromatic nitrogens is 1. The fourth-order valence-corrected chi connectivity index (χ4v) is 4.08. The molecule has 166 valence electrons. The molecular formula is C22H22N4O5S. The molecule has 2 heterocycles. The molecule has 1 N–H and O–H groups in total. The lowest BCUT2D eigenvalue weighted by Crippen LogP contribution is -2.25. The van der Waals surface area contributed by atoms with Crippen LogP contribution < -0.4 is 29.1 Å². The van der Waals surface area contributed by atoms with Crippen LogP contribution in [0.15, 0.2) is 45.8 Å². The highest BCUT2D eigenvalue weighted by Gasteiger charge is 2.18.